The molecule has 1 unspecified atom stereocenters. The summed E-state index contributed by atoms with van der Waals surface area (Å²) in [5.74, 6) is -0.415. The predicted molar refractivity (Wildman–Crippen MR) is 69.8 cm³/mol. The van der Waals surface area contributed by atoms with Gasteiger partial charge in [0.1, 0.15) is 0 Å². The molecule has 0 radical (unpaired) electrons. The van der Waals surface area contributed by atoms with E-state index in [0.29, 0.717) is 6.42 Å². The summed E-state index contributed by atoms with van der Waals surface area (Å²) >= 11 is 0. The van der Waals surface area contributed by atoms with Crippen LogP contribution in [0.25, 0.3) is 0 Å². The quantitative estimate of drug-likeness (QED) is 0.752. The summed E-state index contributed by atoms with van der Waals surface area (Å²) in [5.41, 5.74) is 0.562. The van der Waals surface area contributed by atoms with Crippen LogP contribution in [0.5, 0.6) is 0 Å². The normalized spacial score (nSPS) is 14.2. The SMILES string of the molecule is CCCCS(=O)(=O)OC(c1ccc(C)cc1)C(F)(F)F. The first-order valence-corrected chi connectivity index (χ1v) is 7.77. The maximum absolute atomic E-state index is 13.0. The summed E-state index contributed by atoms with van der Waals surface area (Å²) in [6.07, 6.45) is -6.41. The Kier molecular flexibility index (Phi) is 5.59. The lowest BCUT2D eigenvalue weighted by molar-refractivity contribution is -0.196. The van der Waals surface area contributed by atoms with Gasteiger partial charge in [0.15, 0.2) is 6.10 Å². The van der Waals surface area contributed by atoms with E-state index in [4.69, 9.17) is 0 Å². The first-order chi connectivity index (χ1) is 9.15. The molecule has 0 aliphatic heterocycles. The van der Waals surface area contributed by atoms with Gasteiger partial charge in [-0.1, -0.05) is 43.2 Å². The van der Waals surface area contributed by atoms with E-state index in [2.05, 4.69) is 4.18 Å². The molecule has 0 N–H and O–H groups in total. The Morgan fingerprint density at radius 2 is 1.75 bits per heavy atom. The molecule has 0 fully saturated rings. The second-order valence-corrected chi connectivity index (χ2v) is 6.26. The van der Waals surface area contributed by atoms with Crippen molar-refractivity contribution in [2.24, 2.45) is 0 Å². The van der Waals surface area contributed by atoms with Crippen molar-refractivity contribution < 1.29 is 25.8 Å². The molecule has 3 nitrogen and oxygen atoms in total. The zero-order valence-corrected chi connectivity index (χ0v) is 12.1. The number of unbranched alkanes of at least 4 members (excludes halogenated alkanes) is 1. The molecule has 0 aliphatic carbocycles. The Bertz CT molecular complexity index is 521. The molecular formula is C13H17F3O3S. The summed E-state index contributed by atoms with van der Waals surface area (Å²) in [7, 11) is -4.20. The summed E-state index contributed by atoms with van der Waals surface area (Å²) in [4.78, 5) is 0. The van der Waals surface area contributed by atoms with Gasteiger partial charge in [-0.2, -0.15) is 21.6 Å². The first-order valence-electron chi connectivity index (χ1n) is 6.20. The first kappa shape index (κ1) is 17.0. The third kappa shape index (κ3) is 5.13. The maximum atomic E-state index is 13.0. The molecular weight excluding hydrogens is 293 g/mol. The van der Waals surface area contributed by atoms with Crippen LogP contribution in [0.3, 0.4) is 0 Å². The monoisotopic (exact) mass is 310 g/mol. The van der Waals surface area contributed by atoms with Gasteiger partial charge in [0.2, 0.25) is 0 Å². The highest BCUT2D eigenvalue weighted by molar-refractivity contribution is 7.86. The largest absolute Gasteiger partial charge is 0.420 e. The average molecular weight is 310 g/mol. The van der Waals surface area contributed by atoms with Gasteiger partial charge in [0.25, 0.3) is 10.1 Å². The van der Waals surface area contributed by atoms with Crippen LogP contribution < -0.4 is 0 Å². The lowest BCUT2D eigenvalue weighted by atomic mass is 10.1. The molecule has 1 atom stereocenters. The number of aryl methyl sites for hydroxylation is 1. The minimum Gasteiger partial charge on any atom is -0.252 e. The van der Waals surface area contributed by atoms with E-state index in [0.717, 1.165) is 5.56 Å². The van der Waals surface area contributed by atoms with Crippen molar-refractivity contribution in [2.75, 3.05) is 5.75 Å². The van der Waals surface area contributed by atoms with Crippen molar-refractivity contribution in [3.63, 3.8) is 0 Å². The van der Waals surface area contributed by atoms with Crippen molar-refractivity contribution in [3.8, 4) is 0 Å². The Morgan fingerprint density at radius 1 is 1.20 bits per heavy atom. The van der Waals surface area contributed by atoms with Crippen LogP contribution in [0.4, 0.5) is 13.2 Å². The fourth-order valence-corrected chi connectivity index (χ4v) is 2.81. The number of hydrogen-bond donors (Lipinski definition) is 0. The average Bonchev–Trinajstić information content (AvgIpc) is 2.34. The molecule has 0 spiro atoms. The highest BCUT2D eigenvalue weighted by Crippen LogP contribution is 2.37. The molecule has 114 valence electrons. The van der Waals surface area contributed by atoms with E-state index in [1.807, 2.05) is 0 Å². The number of alkyl halides is 3. The Balaban J connectivity index is 3.00. The number of hydrogen-bond acceptors (Lipinski definition) is 3. The molecule has 1 aromatic rings. The van der Waals surface area contributed by atoms with Crippen LogP contribution in [0.2, 0.25) is 0 Å². The van der Waals surface area contributed by atoms with Crippen LogP contribution in [-0.4, -0.2) is 20.3 Å². The standard InChI is InChI=1S/C13H17F3O3S/c1-3-4-9-20(17,18)19-12(13(14,15)16)11-7-5-10(2)6-8-11/h5-8,12H,3-4,9H2,1-2H3. The van der Waals surface area contributed by atoms with Gasteiger partial charge in [0.05, 0.1) is 5.75 Å². The molecule has 0 bridgehead atoms. The van der Waals surface area contributed by atoms with Gasteiger partial charge in [-0.15, -0.1) is 0 Å². The van der Waals surface area contributed by atoms with Gasteiger partial charge < -0.3 is 0 Å². The van der Waals surface area contributed by atoms with Crippen LogP contribution in [0, 0.1) is 6.92 Å². The van der Waals surface area contributed by atoms with Crippen molar-refractivity contribution in [2.45, 2.75) is 39.0 Å². The molecule has 0 amide bonds. The molecule has 7 heteroatoms. The fourth-order valence-electron chi connectivity index (χ4n) is 1.56. The van der Waals surface area contributed by atoms with E-state index >= 15 is 0 Å². The van der Waals surface area contributed by atoms with Gasteiger partial charge >= 0.3 is 6.18 Å². The van der Waals surface area contributed by atoms with E-state index < -0.39 is 28.2 Å². The predicted octanol–water partition coefficient (Wildman–Crippen LogP) is 3.74. The molecule has 0 aromatic heterocycles. The zero-order chi connectivity index (χ0) is 15.4. The number of benzene rings is 1. The van der Waals surface area contributed by atoms with Gasteiger partial charge in [-0.25, -0.2) is 0 Å². The van der Waals surface area contributed by atoms with Crippen LogP contribution in [-0.2, 0) is 14.3 Å². The topological polar surface area (TPSA) is 43.4 Å². The molecule has 0 saturated heterocycles. The van der Waals surface area contributed by atoms with E-state index in [9.17, 15) is 21.6 Å². The highest BCUT2D eigenvalue weighted by Gasteiger charge is 2.44. The molecule has 1 aromatic carbocycles. The summed E-state index contributed by atoms with van der Waals surface area (Å²) in [6, 6.07) is 5.41. The van der Waals surface area contributed by atoms with E-state index in [1.54, 1.807) is 13.8 Å². The maximum Gasteiger partial charge on any atom is 0.420 e. The Morgan fingerprint density at radius 3 is 2.20 bits per heavy atom. The molecule has 0 saturated carbocycles. The second-order valence-electron chi connectivity index (χ2n) is 4.54. The lowest BCUT2D eigenvalue weighted by Crippen LogP contribution is -2.27. The number of rotatable bonds is 6. The third-order valence-electron chi connectivity index (χ3n) is 2.67. The minimum atomic E-state index is -4.78. The van der Waals surface area contributed by atoms with Crippen molar-refractivity contribution in [1.82, 2.24) is 0 Å². The lowest BCUT2D eigenvalue weighted by Gasteiger charge is -2.20. The summed E-state index contributed by atoms with van der Waals surface area (Å²) < 4.78 is 66.4. The van der Waals surface area contributed by atoms with Crippen molar-refractivity contribution in [3.05, 3.63) is 35.4 Å². The summed E-state index contributed by atoms with van der Waals surface area (Å²) in [6.45, 7) is 3.47. The van der Waals surface area contributed by atoms with Crippen LogP contribution in [0.15, 0.2) is 24.3 Å². The third-order valence-corrected chi connectivity index (χ3v) is 3.94. The fraction of sp³-hybridized carbons (Fsp3) is 0.538. The summed E-state index contributed by atoms with van der Waals surface area (Å²) in [5, 5.41) is 0. The smallest absolute Gasteiger partial charge is 0.252 e. The van der Waals surface area contributed by atoms with Gasteiger partial charge in [-0.3, -0.25) is 4.18 Å². The van der Waals surface area contributed by atoms with Gasteiger partial charge in [-0.05, 0) is 18.9 Å². The Hall–Kier alpha value is -1.08. The highest BCUT2D eigenvalue weighted by atomic mass is 32.2. The van der Waals surface area contributed by atoms with Crippen molar-refractivity contribution >= 4 is 10.1 Å². The molecule has 0 aliphatic rings. The number of halogens is 3. The van der Waals surface area contributed by atoms with Crippen LogP contribution in [0.1, 0.15) is 37.0 Å². The van der Waals surface area contributed by atoms with Crippen LogP contribution >= 0.6 is 0 Å². The Labute approximate surface area is 116 Å². The molecule has 1 rings (SSSR count). The zero-order valence-electron chi connectivity index (χ0n) is 11.3. The van der Waals surface area contributed by atoms with E-state index in [1.165, 1.54) is 24.3 Å². The molecule has 0 heterocycles. The van der Waals surface area contributed by atoms with Crippen molar-refractivity contribution in [1.29, 1.82) is 0 Å². The minimum absolute atomic E-state index is 0.219. The molecule has 20 heavy (non-hydrogen) atoms. The second kappa shape index (κ2) is 6.58. The van der Waals surface area contributed by atoms with E-state index in [-0.39, 0.29) is 12.0 Å². The van der Waals surface area contributed by atoms with Gasteiger partial charge in [0, 0.05) is 0 Å².